The summed E-state index contributed by atoms with van der Waals surface area (Å²) in [6, 6.07) is 5.69. The number of nitrogens with two attached hydrogens (primary N) is 4. The number of rotatable bonds is 8. The molecule has 11 nitrogen and oxygen atoms in total. The lowest BCUT2D eigenvalue weighted by Gasteiger charge is -2.22. The van der Waals surface area contributed by atoms with E-state index in [1.165, 1.54) is 11.8 Å². The van der Waals surface area contributed by atoms with Gasteiger partial charge in [0.2, 0.25) is 0 Å². The molecule has 1 aromatic heterocycles. The largest absolute Gasteiger partial charge is 0.489 e. The van der Waals surface area contributed by atoms with Gasteiger partial charge in [-0.2, -0.15) is 4.98 Å². The van der Waals surface area contributed by atoms with Crippen LogP contribution >= 0.6 is 11.8 Å². The summed E-state index contributed by atoms with van der Waals surface area (Å²) in [5.74, 6) is 1.18. The van der Waals surface area contributed by atoms with Crippen molar-refractivity contribution in [3.05, 3.63) is 34.9 Å². The fourth-order valence-corrected chi connectivity index (χ4v) is 3.66. The number of nitrogens with one attached hydrogen (secondary N) is 1. The molecule has 1 aliphatic rings. The van der Waals surface area contributed by atoms with Crippen LogP contribution in [0.25, 0.3) is 0 Å². The van der Waals surface area contributed by atoms with Crippen LogP contribution in [0.2, 0.25) is 0 Å². The van der Waals surface area contributed by atoms with Crippen LogP contribution in [-0.2, 0) is 6.54 Å². The lowest BCUT2D eigenvalue weighted by atomic mass is 10.3. The van der Waals surface area contributed by atoms with E-state index in [0.717, 1.165) is 15.5 Å². The van der Waals surface area contributed by atoms with Crippen LogP contribution in [0.4, 0.5) is 11.5 Å². The molecule has 0 bridgehead atoms. The number of para-hydroxylation sites is 1. The molecule has 0 saturated carbocycles. The van der Waals surface area contributed by atoms with Crippen molar-refractivity contribution in [3.8, 4) is 5.75 Å². The van der Waals surface area contributed by atoms with Crippen molar-refractivity contribution < 1.29 is 4.74 Å². The second kappa shape index (κ2) is 9.19. The summed E-state index contributed by atoms with van der Waals surface area (Å²) < 4.78 is 7.32. The predicted molar refractivity (Wildman–Crippen MR) is 114 cm³/mol. The molecule has 2 aromatic rings. The maximum Gasteiger partial charge on any atom is 0.349 e. The minimum Gasteiger partial charge on any atom is -0.489 e. The van der Waals surface area contributed by atoms with Gasteiger partial charge in [0.05, 0.1) is 17.1 Å². The molecule has 2 heterocycles. The van der Waals surface area contributed by atoms with E-state index in [1.54, 1.807) is 10.8 Å². The molecular formula is C17H23N9O2S. The highest BCUT2D eigenvalue weighted by Gasteiger charge is 2.21. The molecular weight excluding hydrogens is 394 g/mol. The molecule has 1 aromatic carbocycles. The summed E-state index contributed by atoms with van der Waals surface area (Å²) in [6.07, 6.45) is 2.41. The number of hydrogen-bond donors (Lipinski definition) is 5. The van der Waals surface area contributed by atoms with E-state index >= 15 is 0 Å². The van der Waals surface area contributed by atoms with Crippen molar-refractivity contribution in [3.63, 3.8) is 0 Å². The first-order valence-electron chi connectivity index (χ1n) is 8.87. The molecule has 154 valence electrons. The molecule has 1 aliphatic heterocycles. The van der Waals surface area contributed by atoms with E-state index in [1.807, 2.05) is 18.2 Å². The lowest BCUT2D eigenvalue weighted by molar-refractivity contribution is 0.329. The van der Waals surface area contributed by atoms with Crippen molar-refractivity contribution >= 4 is 35.2 Å². The minimum absolute atomic E-state index is 0.0186. The van der Waals surface area contributed by atoms with Gasteiger partial charge in [-0.05, 0) is 18.6 Å². The van der Waals surface area contributed by atoms with Crippen LogP contribution in [0.5, 0.6) is 5.75 Å². The second-order valence-electron chi connectivity index (χ2n) is 6.10. The van der Waals surface area contributed by atoms with Crippen molar-refractivity contribution in [2.75, 3.05) is 25.0 Å². The van der Waals surface area contributed by atoms with Gasteiger partial charge in [0.15, 0.2) is 17.7 Å². The van der Waals surface area contributed by atoms with Gasteiger partial charge in [-0.3, -0.25) is 14.6 Å². The summed E-state index contributed by atoms with van der Waals surface area (Å²) in [5, 5.41) is 3.20. The number of hydrogen-bond acceptors (Lipinski definition) is 7. The number of aromatic nitrogens is 2. The summed E-state index contributed by atoms with van der Waals surface area (Å²) >= 11 is 1.51. The third kappa shape index (κ3) is 5.31. The van der Waals surface area contributed by atoms with Gasteiger partial charge in [0.25, 0.3) is 0 Å². The van der Waals surface area contributed by atoms with E-state index in [4.69, 9.17) is 27.7 Å². The zero-order valence-corrected chi connectivity index (χ0v) is 16.5. The van der Waals surface area contributed by atoms with Crippen molar-refractivity contribution in [2.24, 2.45) is 32.9 Å². The van der Waals surface area contributed by atoms with Gasteiger partial charge >= 0.3 is 5.69 Å². The Kier molecular flexibility index (Phi) is 6.44. The topological polar surface area (TPSA) is 185 Å². The molecule has 29 heavy (non-hydrogen) atoms. The average molecular weight is 417 g/mol. The van der Waals surface area contributed by atoms with Crippen LogP contribution in [0.15, 0.2) is 49.0 Å². The van der Waals surface area contributed by atoms with E-state index in [9.17, 15) is 4.79 Å². The Hall–Kier alpha value is -3.41. The maximum absolute atomic E-state index is 12.3. The standard InChI is InChI=1S/C17H23N9O2S/c18-15(19)22-5-2-7-26-9-12-14(25-17(26)27)24-13-10(3-1-4-11(13)29-12)28-8-6-23-16(20)21/h1,3-4,9H,2,5-8H2,(H4,18,19,22)(H4,20,21,23)(H,24,25,27). The number of aryl methyl sites for hydroxylation is 1. The first-order chi connectivity index (χ1) is 13.9. The Bertz CT molecular complexity index is 995. The molecule has 0 fully saturated rings. The Morgan fingerprint density at radius 1 is 1.14 bits per heavy atom. The number of ether oxygens (including phenoxy) is 1. The van der Waals surface area contributed by atoms with Gasteiger partial charge in [-0.1, -0.05) is 17.8 Å². The Morgan fingerprint density at radius 3 is 2.66 bits per heavy atom. The minimum atomic E-state index is -0.351. The molecule has 0 saturated heterocycles. The maximum atomic E-state index is 12.3. The van der Waals surface area contributed by atoms with E-state index < -0.39 is 0 Å². The Morgan fingerprint density at radius 2 is 1.90 bits per heavy atom. The van der Waals surface area contributed by atoms with Crippen molar-refractivity contribution in [2.45, 2.75) is 22.8 Å². The van der Waals surface area contributed by atoms with Crippen LogP contribution in [0.3, 0.4) is 0 Å². The molecule has 0 radical (unpaired) electrons. The van der Waals surface area contributed by atoms with E-state index in [2.05, 4.69) is 20.3 Å². The average Bonchev–Trinajstić information content (AvgIpc) is 2.67. The fourth-order valence-electron chi connectivity index (χ4n) is 2.65. The summed E-state index contributed by atoms with van der Waals surface area (Å²) in [6.45, 7) is 1.58. The zero-order chi connectivity index (χ0) is 20.8. The summed E-state index contributed by atoms with van der Waals surface area (Å²) in [4.78, 5) is 26.1. The molecule has 12 heteroatoms. The molecule has 0 unspecified atom stereocenters. The number of anilines is 2. The molecule has 3 rings (SSSR count). The van der Waals surface area contributed by atoms with E-state index in [0.29, 0.717) is 44.2 Å². The number of aliphatic imine (C=N–C) groups is 2. The number of fused-ring (bicyclic) bond motifs is 2. The molecule has 9 N–H and O–H groups in total. The summed E-state index contributed by atoms with van der Waals surface area (Å²) in [7, 11) is 0. The van der Waals surface area contributed by atoms with Crippen molar-refractivity contribution in [1.82, 2.24) is 9.55 Å². The van der Waals surface area contributed by atoms with Gasteiger partial charge in [0, 0.05) is 24.2 Å². The smallest absolute Gasteiger partial charge is 0.349 e. The Labute approximate surface area is 171 Å². The number of guanidine groups is 2. The van der Waals surface area contributed by atoms with Crippen LogP contribution < -0.4 is 38.7 Å². The van der Waals surface area contributed by atoms with E-state index in [-0.39, 0.29) is 17.6 Å². The lowest BCUT2D eigenvalue weighted by Crippen LogP contribution is -2.26. The fraction of sp³-hybridized carbons (Fsp3) is 0.294. The second-order valence-corrected chi connectivity index (χ2v) is 7.19. The predicted octanol–water partition coefficient (Wildman–Crippen LogP) is -0.233. The van der Waals surface area contributed by atoms with Crippen LogP contribution in [0, 0.1) is 0 Å². The number of nitrogens with zero attached hydrogens (tertiary/aromatic N) is 4. The highest BCUT2D eigenvalue weighted by molar-refractivity contribution is 7.99. The zero-order valence-electron chi connectivity index (χ0n) is 15.7. The third-order valence-electron chi connectivity index (χ3n) is 3.91. The number of benzene rings is 1. The first-order valence-corrected chi connectivity index (χ1v) is 9.68. The van der Waals surface area contributed by atoms with Crippen molar-refractivity contribution in [1.29, 1.82) is 0 Å². The van der Waals surface area contributed by atoms with Gasteiger partial charge in [-0.15, -0.1) is 0 Å². The third-order valence-corrected chi connectivity index (χ3v) is 4.98. The normalized spacial score (nSPS) is 11.6. The summed E-state index contributed by atoms with van der Waals surface area (Å²) in [5.41, 5.74) is 21.7. The highest BCUT2D eigenvalue weighted by atomic mass is 32.2. The SMILES string of the molecule is NC(N)=NCCCn1cc2c(nc1=O)Nc1c(OCCN=C(N)N)cccc1S2. The van der Waals surface area contributed by atoms with Crippen LogP contribution in [0.1, 0.15) is 6.42 Å². The molecule has 0 amide bonds. The quantitative estimate of drug-likeness (QED) is 0.187. The van der Waals surface area contributed by atoms with Gasteiger partial charge in [-0.25, -0.2) is 4.79 Å². The highest BCUT2D eigenvalue weighted by Crippen LogP contribution is 2.46. The first kappa shape index (κ1) is 20.3. The van der Waals surface area contributed by atoms with Gasteiger partial charge < -0.3 is 33.0 Å². The molecule has 0 spiro atoms. The Balaban J connectivity index is 1.73. The molecule has 0 aliphatic carbocycles. The molecule has 0 atom stereocenters. The monoisotopic (exact) mass is 417 g/mol. The van der Waals surface area contributed by atoms with Gasteiger partial charge in [0.1, 0.15) is 12.4 Å². The van der Waals surface area contributed by atoms with Crippen LogP contribution in [-0.4, -0.2) is 41.2 Å².